The van der Waals surface area contributed by atoms with E-state index in [4.69, 9.17) is 0 Å². The average Bonchev–Trinajstić information content (AvgIpc) is 2.67. The number of rotatable bonds is 3. The van der Waals surface area contributed by atoms with Gasteiger partial charge >= 0.3 is 6.03 Å². The van der Waals surface area contributed by atoms with Gasteiger partial charge in [0.1, 0.15) is 5.82 Å². The van der Waals surface area contributed by atoms with Crippen molar-refractivity contribution >= 4 is 17.8 Å². The van der Waals surface area contributed by atoms with Gasteiger partial charge in [0.25, 0.3) is 0 Å². The van der Waals surface area contributed by atoms with E-state index in [1.165, 1.54) is 19.3 Å². The van der Waals surface area contributed by atoms with E-state index in [1.807, 2.05) is 18.3 Å². The minimum Gasteiger partial charge on any atom is -0.357 e. The summed E-state index contributed by atoms with van der Waals surface area (Å²) in [7, 11) is 0. The Morgan fingerprint density at radius 3 is 2.28 bits per heavy atom. The highest BCUT2D eigenvalue weighted by Crippen LogP contribution is 2.17. The van der Waals surface area contributed by atoms with Gasteiger partial charge in [0, 0.05) is 58.9 Å². The summed E-state index contributed by atoms with van der Waals surface area (Å²) in [6, 6.07) is 3.99. The van der Waals surface area contributed by atoms with Crippen molar-refractivity contribution < 1.29 is 9.59 Å². The van der Waals surface area contributed by atoms with Crippen LogP contribution in [0.4, 0.5) is 10.6 Å². The Morgan fingerprint density at radius 2 is 1.68 bits per heavy atom. The fraction of sp³-hybridized carbons (Fsp3) is 0.611. The SMILES string of the molecule is CC(=O)N1CCN(C(=O)NCc2ccc(N3CCCCC3)nc2)CC1. The van der Waals surface area contributed by atoms with Crippen molar-refractivity contribution in [2.75, 3.05) is 44.2 Å². The first-order valence-corrected chi connectivity index (χ1v) is 9.11. The normalized spacial score (nSPS) is 18.2. The number of pyridine rings is 1. The molecule has 0 aliphatic carbocycles. The van der Waals surface area contributed by atoms with Gasteiger partial charge in [-0.3, -0.25) is 4.79 Å². The number of carbonyl (C=O) groups excluding carboxylic acids is 2. The zero-order valence-electron chi connectivity index (χ0n) is 14.9. The van der Waals surface area contributed by atoms with Crippen molar-refractivity contribution in [1.29, 1.82) is 0 Å². The lowest BCUT2D eigenvalue weighted by atomic mass is 10.1. The van der Waals surface area contributed by atoms with E-state index in [0.29, 0.717) is 32.7 Å². The summed E-state index contributed by atoms with van der Waals surface area (Å²) in [4.78, 5) is 34.0. The second-order valence-electron chi connectivity index (χ2n) is 6.72. The smallest absolute Gasteiger partial charge is 0.317 e. The molecular weight excluding hydrogens is 318 g/mol. The molecule has 0 aromatic carbocycles. The zero-order valence-corrected chi connectivity index (χ0v) is 14.9. The number of piperazine rings is 1. The van der Waals surface area contributed by atoms with Crippen molar-refractivity contribution in [2.24, 2.45) is 0 Å². The Labute approximate surface area is 149 Å². The third-order valence-electron chi connectivity index (χ3n) is 4.95. The van der Waals surface area contributed by atoms with Gasteiger partial charge in [-0.1, -0.05) is 6.07 Å². The molecule has 0 spiro atoms. The van der Waals surface area contributed by atoms with Gasteiger partial charge in [0.15, 0.2) is 0 Å². The summed E-state index contributed by atoms with van der Waals surface area (Å²) in [5, 5.41) is 2.94. The second kappa shape index (κ2) is 8.18. The molecule has 3 amide bonds. The van der Waals surface area contributed by atoms with Crippen LogP contribution < -0.4 is 10.2 Å². The van der Waals surface area contributed by atoms with Gasteiger partial charge in [0.2, 0.25) is 5.91 Å². The molecule has 0 unspecified atom stereocenters. The molecule has 3 rings (SSSR count). The Morgan fingerprint density at radius 1 is 1.00 bits per heavy atom. The molecule has 1 aromatic heterocycles. The van der Waals surface area contributed by atoms with E-state index in [1.54, 1.807) is 16.7 Å². The number of nitrogens with one attached hydrogen (secondary N) is 1. The first-order chi connectivity index (χ1) is 12.1. The molecule has 2 fully saturated rings. The summed E-state index contributed by atoms with van der Waals surface area (Å²) < 4.78 is 0. The Kier molecular flexibility index (Phi) is 5.73. The van der Waals surface area contributed by atoms with Crippen LogP contribution in [0.15, 0.2) is 18.3 Å². The van der Waals surface area contributed by atoms with Crippen LogP contribution in [0.2, 0.25) is 0 Å². The number of urea groups is 1. The van der Waals surface area contributed by atoms with Gasteiger partial charge in [-0.15, -0.1) is 0 Å². The van der Waals surface area contributed by atoms with E-state index in [2.05, 4.69) is 15.2 Å². The van der Waals surface area contributed by atoms with Gasteiger partial charge in [-0.05, 0) is 30.9 Å². The van der Waals surface area contributed by atoms with Gasteiger partial charge in [-0.2, -0.15) is 0 Å². The summed E-state index contributed by atoms with van der Waals surface area (Å²) >= 11 is 0. The molecule has 0 bridgehead atoms. The summed E-state index contributed by atoms with van der Waals surface area (Å²) in [5.74, 6) is 1.09. The molecule has 2 aliphatic rings. The van der Waals surface area contributed by atoms with Crippen LogP contribution >= 0.6 is 0 Å². The van der Waals surface area contributed by atoms with Crippen molar-refractivity contribution in [3.8, 4) is 0 Å². The van der Waals surface area contributed by atoms with Crippen molar-refractivity contribution in [3.05, 3.63) is 23.9 Å². The molecule has 1 N–H and O–H groups in total. The molecule has 2 aliphatic heterocycles. The fourth-order valence-corrected chi connectivity index (χ4v) is 3.35. The maximum atomic E-state index is 12.2. The molecule has 0 atom stereocenters. The lowest BCUT2D eigenvalue weighted by Gasteiger charge is -2.34. The predicted molar refractivity (Wildman–Crippen MR) is 96.4 cm³/mol. The van der Waals surface area contributed by atoms with Crippen LogP contribution in [0.5, 0.6) is 0 Å². The van der Waals surface area contributed by atoms with Crippen LogP contribution in [0.1, 0.15) is 31.7 Å². The summed E-state index contributed by atoms with van der Waals surface area (Å²) in [6.45, 7) is 6.57. The molecule has 0 radical (unpaired) electrons. The third kappa shape index (κ3) is 4.61. The van der Waals surface area contributed by atoms with Gasteiger partial charge < -0.3 is 20.0 Å². The Hall–Kier alpha value is -2.31. The molecule has 136 valence electrons. The number of hydrogen-bond donors (Lipinski definition) is 1. The van der Waals surface area contributed by atoms with Crippen molar-refractivity contribution in [3.63, 3.8) is 0 Å². The van der Waals surface area contributed by atoms with E-state index in [0.717, 1.165) is 24.5 Å². The molecule has 1 aromatic rings. The Balaban J connectivity index is 1.45. The number of aromatic nitrogens is 1. The minimum atomic E-state index is -0.0803. The highest BCUT2D eigenvalue weighted by Gasteiger charge is 2.22. The number of amides is 3. The van der Waals surface area contributed by atoms with Crippen molar-refractivity contribution in [2.45, 2.75) is 32.7 Å². The maximum absolute atomic E-state index is 12.2. The topological polar surface area (TPSA) is 68.8 Å². The first kappa shape index (κ1) is 17.5. The number of piperidine rings is 1. The van der Waals surface area contributed by atoms with E-state index in [9.17, 15) is 9.59 Å². The molecule has 7 nitrogen and oxygen atoms in total. The Bertz CT molecular complexity index is 590. The predicted octanol–water partition coefficient (Wildman–Crippen LogP) is 1.45. The molecule has 7 heteroatoms. The van der Waals surface area contributed by atoms with E-state index in [-0.39, 0.29) is 11.9 Å². The number of anilines is 1. The monoisotopic (exact) mass is 345 g/mol. The molecule has 0 saturated carbocycles. The largest absolute Gasteiger partial charge is 0.357 e. The third-order valence-corrected chi connectivity index (χ3v) is 4.95. The lowest BCUT2D eigenvalue weighted by Crippen LogP contribution is -2.52. The lowest BCUT2D eigenvalue weighted by molar-refractivity contribution is -0.130. The average molecular weight is 345 g/mol. The van der Waals surface area contributed by atoms with Crippen LogP contribution in [0.3, 0.4) is 0 Å². The quantitative estimate of drug-likeness (QED) is 0.900. The van der Waals surface area contributed by atoms with Gasteiger partial charge in [0.05, 0.1) is 0 Å². The first-order valence-electron chi connectivity index (χ1n) is 9.11. The van der Waals surface area contributed by atoms with E-state index < -0.39 is 0 Å². The maximum Gasteiger partial charge on any atom is 0.317 e. The van der Waals surface area contributed by atoms with Crippen LogP contribution in [-0.2, 0) is 11.3 Å². The fourth-order valence-electron chi connectivity index (χ4n) is 3.35. The summed E-state index contributed by atoms with van der Waals surface area (Å²) in [5.41, 5.74) is 0.997. The highest BCUT2D eigenvalue weighted by atomic mass is 16.2. The van der Waals surface area contributed by atoms with Crippen molar-refractivity contribution in [1.82, 2.24) is 20.1 Å². The van der Waals surface area contributed by atoms with E-state index >= 15 is 0 Å². The standard InChI is InChI=1S/C18H27N5O2/c1-15(24)21-9-11-23(12-10-21)18(25)20-14-16-5-6-17(19-13-16)22-7-3-2-4-8-22/h5-6,13H,2-4,7-12,14H2,1H3,(H,20,25). The number of nitrogens with zero attached hydrogens (tertiary/aromatic N) is 4. The second-order valence-corrected chi connectivity index (χ2v) is 6.72. The van der Waals surface area contributed by atoms with Crippen LogP contribution in [0.25, 0.3) is 0 Å². The highest BCUT2D eigenvalue weighted by molar-refractivity contribution is 5.76. The van der Waals surface area contributed by atoms with Crippen LogP contribution in [0, 0.1) is 0 Å². The number of hydrogen-bond acceptors (Lipinski definition) is 4. The molecule has 2 saturated heterocycles. The molecule has 25 heavy (non-hydrogen) atoms. The zero-order chi connectivity index (χ0) is 17.6. The molecular formula is C18H27N5O2. The van der Waals surface area contributed by atoms with Crippen LogP contribution in [-0.4, -0.2) is 66.0 Å². The summed E-state index contributed by atoms with van der Waals surface area (Å²) in [6.07, 6.45) is 5.62. The number of carbonyl (C=O) groups is 2. The minimum absolute atomic E-state index is 0.0694. The van der Waals surface area contributed by atoms with Gasteiger partial charge in [-0.25, -0.2) is 9.78 Å². The molecule has 3 heterocycles.